The predicted octanol–water partition coefficient (Wildman–Crippen LogP) is 0.570. The lowest BCUT2D eigenvalue weighted by Gasteiger charge is -2.20. The third-order valence-corrected chi connectivity index (χ3v) is 3.03. The SMILES string of the molecule is CC(O)(CO)CNC(=O)Cc1c[nH]c2ccccc12. The minimum Gasteiger partial charge on any atom is -0.393 e. The Bertz CT molecular complexity index is 575. The van der Waals surface area contributed by atoms with E-state index in [1.807, 2.05) is 30.5 Å². The third-order valence-electron chi connectivity index (χ3n) is 3.03. The van der Waals surface area contributed by atoms with Gasteiger partial charge in [-0.1, -0.05) is 18.2 Å². The van der Waals surface area contributed by atoms with Gasteiger partial charge in [-0.3, -0.25) is 4.79 Å². The average Bonchev–Trinajstić information content (AvgIpc) is 2.80. The Kier molecular flexibility index (Phi) is 3.87. The first-order chi connectivity index (χ1) is 9.02. The molecule has 0 aliphatic heterocycles. The minimum atomic E-state index is -1.28. The summed E-state index contributed by atoms with van der Waals surface area (Å²) in [5, 5.41) is 22.1. The smallest absolute Gasteiger partial charge is 0.224 e. The van der Waals surface area contributed by atoms with Crippen LogP contribution in [0.1, 0.15) is 12.5 Å². The number of aromatic amines is 1. The molecular formula is C14H18N2O3. The van der Waals surface area contributed by atoms with Gasteiger partial charge < -0.3 is 20.5 Å². The van der Waals surface area contributed by atoms with Gasteiger partial charge in [-0.25, -0.2) is 0 Å². The van der Waals surface area contributed by atoms with E-state index in [1.165, 1.54) is 6.92 Å². The first kappa shape index (κ1) is 13.6. The molecular weight excluding hydrogens is 244 g/mol. The van der Waals surface area contributed by atoms with Crippen LogP contribution in [0.25, 0.3) is 10.9 Å². The molecule has 5 heteroatoms. The molecule has 4 N–H and O–H groups in total. The molecule has 0 saturated heterocycles. The maximum absolute atomic E-state index is 11.8. The zero-order valence-electron chi connectivity index (χ0n) is 10.8. The Hall–Kier alpha value is -1.85. The van der Waals surface area contributed by atoms with Crippen LogP contribution in [-0.4, -0.2) is 39.9 Å². The van der Waals surface area contributed by atoms with Gasteiger partial charge in [-0.15, -0.1) is 0 Å². The molecule has 1 aromatic heterocycles. The Balaban J connectivity index is 1.99. The fourth-order valence-corrected chi connectivity index (χ4v) is 1.86. The Morgan fingerprint density at radius 2 is 2.16 bits per heavy atom. The topological polar surface area (TPSA) is 85.3 Å². The number of benzene rings is 1. The molecule has 0 aliphatic rings. The lowest BCUT2D eigenvalue weighted by atomic mass is 10.1. The number of carbonyl (C=O) groups is 1. The van der Waals surface area contributed by atoms with Crippen LogP contribution in [0.3, 0.4) is 0 Å². The first-order valence-electron chi connectivity index (χ1n) is 6.17. The van der Waals surface area contributed by atoms with Crippen LogP contribution in [0.4, 0.5) is 0 Å². The van der Waals surface area contributed by atoms with E-state index >= 15 is 0 Å². The number of rotatable bonds is 5. The van der Waals surface area contributed by atoms with Crippen molar-refractivity contribution in [2.45, 2.75) is 18.9 Å². The first-order valence-corrected chi connectivity index (χ1v) is 6.17. The molecule has 1 amide bonds. The van der Waals surface area contributed by atoms with Gasteiger partial charge in [0.05, 0.1) is 13.0 Å². The maximum Gasteiger partial charge on any atom is 0.224 e. The number of aromatic nitrogens is 1. The van der Waals surface area contributed by atoms with Gasteiger partial charge in [0.25, 0.3) is 0 Å². The number of para-hydroxylation sites is 1. The standard InChI is InChI=1S/C14H18N2O3/c1-14(19,9-17)8-16-13(18)6-10-7-15-12-5-3-2-4-11(10)12/h2-5,7,15,17,19H,6,8-9H2,1H3,(H,16,18). The van der Waals surface area contributed by atoms with Gasteiger partial charge in [0, 0.05) is 23.6 Å². The summed E-state index contributed by atoms with van der Waals surface area (Å²) >= 11 is 0. The summed E-state index contributed by atoms with van der Waals surface area (Å²) in [6.07, 6.45) is 2.06. The minimum absolute atomic E-state index is 0.0324. The van der Waals surface area contributed by atoms with Crippen molar-refractivity contribution in [3.8, 4) is 0 Å². The second-order valence-electron chi connectivity index (χ2n) is 4.97. The Morgan fingerprint density at radius 3 is 2.89 bits per heavy atom. The van der Waals surface area contributed by atoms with Crippen molar-refractivity contribution in [3.05, 3.63) is 36.0 Å². The van der Waals surface area contributed by atoms with E-state index in [2.05, 4.69) is 10.3 Å². The lowest BCUT2D eigenvalue weighted by Crippen LogP contribution is -2.43. The van der Waals surface area contributed by atoms with Crippen LogP contribution >= 0.6 is 0 Å². The van der Waals surface area contributed by atoms with Crippen LogP contribution in [0.15, 0.2) is 30.5 Å². The number of nitrogens with one attached hydrogen (secondary N) is 2. The summed E-state index contributed by atoms with van der Waals surface area (Å²) in [6.45, 7) is 1.12. The molecule has 102 valence electrons. The maximum atomic E-state index is 11.8. The Morgan fingerprint density at radius 1 is 1.42 bits per heavy atom. The predicted molar refractivity (Wildman–Crippen MR) is 72.7 cm³/mol. The molecule has 2 aromatic rings. The quantitative estimate of drug-likeness (QED) is 0.635. The molecule has 0 fully saturated rings. The number of aliphatic hydroxyl groups is 2. The van der Waals surface area contributed by atoms with Crippen molar-refractivity contribution >= 4 is 16.8 Å². The molecule has 2 rings (SSSR count). The van der Waals surface area contributed by atoms with Gasteiger partial charge in [0.2, 0.25) is 5.91 Å². The monoisotopic (exact) mass is 262 g/mol. The highest BCUT2D eigenvalue weighted by Gasteiger charge is 2.20. The molecule has 1 aromatic carbocycles. The van der Waals surface area contributed by atoms with Gasteiger partial charge in [0.1, 0.15) is 5.60 Å². The summed E-state index contributed by atoms with van der Waals surface area (Å²) in [6, 6.07) is 7.76. The zero-order valence-corrected chi connectivity index (χ0v) is 10.8. The second-order valence-corrected chi connectivity index (χ2v) is 4.97. The largest absolute Gasteiger partial charge is 0.393 e. The van der Waals surface area contributed by atoms with Crippen LogP contribution in [-0.2, 0) is 11.2 Å². The number of carbonyl (C=O) groups excluding carboxylic acids is 1. The zero-order chi connectivity index (χ0) is 13.9. The lowest BCUT2D eigenvalue weighted by molar-refractivity contribution is -0.121. The number of aliphatic hydroxyl groups excluding tert-OH is 1. The highest BCUT2D eigenvalue weighted by molar-refractivity contribution is 5.88. The van der Waals surface area contributed by atoms with E-state index in [1.54, 1.807) is 0 Å². The number of hydrogen-bond acceptors (Lipinski definition) is 3. The molecule has 1 heterocycles. The second kappa shape index (κ2) is 5.42. The van der Waals surface area contributed by atoms with Gasteiger partial charge in [0.15, 0.2) is 0 Å². The number of fused-ring (bicyclic) bond motifs is 1. The fourth-order valence-electron chi connectivity index (χ4n) is 1.86. The molecule has 0 bridgehead atoms. The third kappa shape index (κ3) is 3.33. The summed E-state index contributed by atoms with van der Waals surface area (Å²) in [4.78, 5) is 14.9. The normalized spacial score (nSPS) is 14.3. The van der Waals surface area contributed by atoms with E-state index in [-0.39, 0.29) is 25.5 Å². The molecule has 1 unspecified atom stereocenters. The molecule has 0 spiro atoms. The molecule has 1 atom stereocenters. The van der Waals surface area contributed by atoms with Crippen LogP contribution in [0, 0.1) is 0 Å². The molecule has 19 heavy (non-hydrogen) atoms. The van der Waals surface area contributed by atoms with Gasteiger partial charge in [-0.2, -0.15) is 0 Å². The van der Waals surface area contributed by atoms with Crippen molar-refractivity contribution in [1.29, 1.82) is 0 Å². The van der Waals surface area contributed by atoms with E-state index in [4.69, 9.17) is 5.11 Å². The van der Waals surface area contributed by atoms with Crippen LogP contribution in [0.2, 0.25) is 0 Å². The van der Waals surface area contributed by atoms with Crippen molar-refractivity contribution in [3.63, 3.8) is 0 Å². The Labute approximate surface area is 111 Å². The van der Waals surface area contributed by atoms with Gasteiger partial charge in [-0.05, 0) is 18.6 Å². The number of amides is 1. The summed E-state index contributed by atoms with van der Waals surface area (Å²) < 4.78 is 0. The molecule has 0 aliphatic carbocycles. The highest BCUT2D eigenvalue weighted by atomic mass is 16.3. The summed E-state index contributed by atoms with van der Waals surface area (Å²) in [5.74, 6) is -0.182. The van der Waals surface area contributed by atoms with E-state index in [0.29, 0.717) is 0 Å². The average molecular weight is 262 g/mol. The van der Waals surface area contributed by atoms with Crippen molar-refractivity contribution in [2.75, 3.05) is 13.2 Å². The van der Waals surface area contributed by atoms with Crippen molar-refractivity contribution in [1.82, 2.24) is 10.3 Å². The highest BCUT2D eigenvalue weighted by Crippen LogP contribution is 2.17. The van der Waals surface area contributed by atoms with Crippen molar-refractivity contribution < 1.29 is 15.0 Å². The summed E-state index contributed by atoms with van der Waals surface area (Å²) in [7, 11) is 0. The summed E-state index contributed by atoms with van der Waals surface area (Å²) in [5.41, 5.74) is 0.625. The van der Waals surface area contributed by atoms with Crippen LogP contribution in [0.5, 0.6) is 0 Å². The molecule has 0 saturated carbocycles. The molecule has 5 nitrogen and oxygen atoms in total. The number of H-pyrrole nitrogens is 1. The fraction of sp³-hybridized carbons (Fsp3) is 0.357. The van der Waals surface area contributed by atoms with Crippen molar-refractivity contribution in [2.24, 2.45) is 0 Å². The van der Waals surface area contributed by atoms with E-state index in [9.17, 15) is 9.90 Å². The van der Waals surface area contributed by atoms with E-state index < -0.39 is 5.60 Å². The molecule has 0 radical (unpaired) electrons. The number of hydrogen-bond donors (Lipinski definition) is 4. The van der Waals surface area contributed by atoms with E-state index in [0.717, 1.165) is 16.5 Å². The van der Waals surface area contributed by atoms with Crippen LogP contribution < -0.4 is 5.32 Å². The van der Waals surface area contributed by atoms with Gasteiger partial charge >= 0.3 is 0 Å².